The van der Waals surface area contributed by atoms with Gasteiger partial charge in [-0.1, -0.05) is 39.0 Å². The Morgan fingerprint density at radius 2 is 1.62 bits per heavy atom. The van der Waals surface area contributed by atoms with Crippen LogP contribution in [-0.2, 0) is 9.05 Å². The monoisotopic (exact) mass is 280 g/mol. The predicted octanol–water partition coefficient (Wildman–Crippen LogP) is 3.85. The topological polar surface area (TPSA) is 34.1 Å². The minimum atomic E-state index is -4.77. The molecule has 0 bridgehead atoms. The lowest BCUT2D eigenvalue weighted by Crippen LogP contribution is -2.33. The van der Waals surface area contributed by atoms with E-state index >= 15 is 0 Å². The summed E-state index contributed by atoms with van der Waals surface area (Å²) in [5.41, 5.74) is 0. The van der Waals surface area contributed by atoms with Crippen molar-refractivity contribution in [3.8, 4) is 0 Å². The van der Waals surface area contributed by atoms with Crippen LogP contribution in [0.25, 0.3) is 0 Å². The summed E-state index contributed by atoms with van der Waals surface area (Å²) in [7, 11) is 0.208. The van der Waals surface area contributed by atoms with Crippen molar-refractivity contribution in [2.45, 2.75) is 56.9 Å². The van der Waals surface area contributed by atoms with E-state index in [2.05, 4.69) is 0 Å². The molecule has 0 aromatic carbocycles. The normalized spacial score (nSPS) is 15.1. The van der Waals surface area contributed by atoms with Crippen LogP contribution in [-0.4, -0.2) is 19.8 Å². The molecule has 0 aromatic rings. The van der Waals surface area contributed by atoms with Crippen LogP contribution in [0.5, 0.6) is 0 Å². The van der Waals surface area contributed by atoms with E-state index in [1.165, 1.54) is 0 Å². The van der Waals surface area contributed by atoms with Crippen molar-refractivity contribution in [3.63, 3.8) is 0 Å². The highest BCUT2D eigenvalue weighted by atomic mass is 35.7. The third kappa shape index (κ3) is 6.58. The van der Waals surface area contributed by atoms with Crippen molar-refractivity contribution < 1.29 is 21.6 Å². The number of alkyl halides is 3. The van der Waals surface area contributed by atoms with Crippen LogP contribution in [0.4, 0.5) is 13.2 Å². The fourth-order valence-electron chi connectivity index (χ4n) is 1.40. The van der Waals surface area contributed by atoms with Gasteiger partial charge in [0.15, 0.2) is 5.25 Å². The van der Waals surface area contributed by atoms with Crippen LogP contribution in [0.15, 0.2) is 0 Å². The quantitative estimate of drug-likeness (QED) is 0.524. The van der Waals surface area contributed by atoms with Crippen molar-refractivity contribution in [1.82, 2.24) is 0 Å². The Labute approximate surface area is 98.6 Å². The molecule has 7 heteroatoms. The second-order valence-corrected chi connectivity index (χ2v) is 6.52. The predicted molar refractivity (Wildman–Crippen MR) is 58.0 cm³/mol. The van der Waals surface area contributed by atoms with E-state index in [0.717, 1.165) is 19.3 Å². The number of hydrogen-bond acceptors (Lipinski definition) is 2. The first kappa shape index (κ1) is 16.0. The first-order valence-electron chi connectivity index (χ1n) is 5.19. The van der Waals surface area contributed by atoms with Crippen molar-refractivity contribution in [2.24, 2.45) is 0 Å². The van der Waals surface area contributed by atoms with E-state index in [-0.39, 0.29) is 6.42 Å². The van der Waals surface area contributed by atoms with Gasteiger partial charge in [0.2, 0.25) is 9.05 Å². The van der Waals surface area contributed by atoms with E-state index < -0.39 is 26.9 Å². The van der Waals surface area contributed by atoms with Crippen LogP contribution < -0.4 is 0 Å². The van der Waals surface area contributed by atoms with Gasteiger partial charge >= 0.3 is 6.18 Å². The summed E-state index contributed by atoms with van der Waals surface area (Å²) in [5, 5.41) is -2.43. The molecule has 0 fully saturated rings. The van der Waals surface area contributed by atoms with E-state index in [1.807, 2.05) is 6.92 Å². The zero-order valence-corrected chi connectivity index (χ0v) is 10.6. The molecule has 0 aliphatic rings. The van der Waals surface area contributed by atoms with E-state index in [4.69, 9.17) is 10.7 Å². The molecule has 0 radical (unpaired) electrons. The van der Waals surface area contributed by atoms with E-state index in [1.54, 1.807) is 0 Å². The zero-order chi connectivity index (χ0) is 12.8. The van der Waals surface area contributed by atoms with Gasteiger partial charge in [-0.2, -0.15) is 13.2 Å². The van der Waals surface area contributed by atoms with Gasteiger partial charge in [0.05, 0.1) is 0 Å². The minimum Gasteiger partial charge on any atom is -0.212 e. The number of halogens is 4. The molecule has 0 aromatic heterocycles. The van der Waals surface area contributed by atoms with Crippen molar-refractivity contribution in [3.05, 3.63) is 0 Å². The number of hydrogen-bond donors (Lipinski definition) is 0. The number of unbranched alkanes of at least 4 members (excludes halogenated alkanes) is 4. The maximum Gasteiger partial charge on any atom is 0.406 e. The van der Waals surface area contributed by atoms with Crippen LogP contribution >= 0.6 is 10.7 Å². The Morgan fingerprint density at radius 3 is 2.00 bits per heavy atom. The van der Waals surface area contributed by atoms with Gasteiger partial charge < -0.3 is 0 Å². The molecule has 1 atom stereocenters. The smallest absolute Gasteiger partial charge is 0.212 e. The van der Waals surface area contributed by atoms with Gasteiger partial charge in [-0.3, -0.25) is 0 Å². The molecule has 0 spiro atoms. The van der Waals surface area contributed by atoms with E-state index in [9.17, 15) is 21.6 Å². The van der Waals surface area contributed by atoms with Gasteiger partial charge in [0, 0.05) is 10.7 Å². The Hall–Kier alpha value is 0.0300. The molecule has 0 rings (SSSR count). The zero-order valence-electron chi connectivity index (χ0n) is 9.06. The molecule has 2 nitrogen and oxygen atoms in total. The Kier molecular flexibility index (Phi) is 6.70. The maximum absolute atomic E-state index is 12.3. The highest BCUT2D eigenvalue weighted by Crippen LogP contribution is 2.32. The summed E-state index contributed by atoms with van der Waals surface area (Å²) >= 11 is 0. The highest BCUT2D eigenvalue weighted by Gasteiger charge is 2.47. The van der Waals surface area contributed by atoms with E-state index in [0.29, 0.717) is 6.42 Å². The molecule has 0 saturated heterocycles. The first-order chi connectivity index (χ1) is 7.19. The van der Waals surface area contributed by atoms with Crippen molar-refractivity contribution in [2.75, 3.05) is 0 Å². The molecule has 0 N–H and O–H groups in total. The first-order valence-corrected chi connectivity index (χ1v) is 7.57. The van der Waals surface area contributed by atoms with Crippen LogP contribution in [0.3, 0.4) is 0 Å². The molecular weight excluding hydrogens is 265 g/mol. The maximum atomic E-state index is 12.3. The molecule has 16 heavy (non-hydrogen) atoms. The van der Waals surface area contributed by atoms with Gasteiger partial charge in [-0.25, -0.2) is 8.42 Å². The fourth-order valence-corrected chi connectivity index (χ4v) is 2.74. The average Bonchev–Trinajstić information content (AvgIpc) is 2.06. The summed E-state index contributed by atoms with van der Waals surface area (Å²) in [4.78, 5) is 0. The van der Waals surface area contributed by atoms with Crippen molar-refractivity contribution >= 4 is 19.7 Å². The summed E-state index contributed by atoms with van der Waals surface area (Å²) < 4.78 is 58.5. The molecule has 0 heterocycles. The molecule has 0 saturated carbocycles. The second kappa shape index (κ2) is 6.69. The van der Waals surface area contributed by atoms with Crippen LogP contribution in [0, 0.1) is 0 Å². The molecule has 98 valence electrons. The van der Waals surface area contributed by atoms with Crippen LogP contribution in [0.2, 0.25) is 0 Å². The lowest BCUT2D eigenvalue weighted by atomic mass is 10.1. The Balaban J connectivity index is 4.17. The van der Waals surface area contributed by atoms with Crippen LogP contribution in [0.1, 0.15) is 45.4 Å². The second-order valence-electron chi connectivity index (χ2n) is 3.71. The van der Waals surface area contributed by atoms with Gasteiger partial charge in [0.25, 0.3) is 0 Å². The molecular formula is C9H16ClF3O2S. The third-order valence-corrected chi connectivity index (χ3v) is 4.10. The minimum absolute atomic E-state index is 0.232. The molecule has 0 amide bonds. The standard InChI is InChI=1S/C9H16ClF3O2S/c1-2-3-4-5-6-7-8(9(11,12)13)16(10,14)15/h8H,2-7H2,1H3. The largest absolute Gasteiger partial charge is 0.406 e. The lowest BCUT2D eigenvalue weighted by molar-refractivity contribution is -0.131. The summed E-state index contributed by atoms with van der Waals surface area (Å²) in [6.07, 6.45) is -1.63. The molecule has 0 aliphatic carbocycles. The SMILES string of the molecule is CCCCCCCC(C(F)(F)F)S(=O)(=O)Cl. The Bertz CT molecular complexity index is 288. The highest BCUT2D eigenvalue weighted by molar-refractivity contribution is 8.14. The third-order valence-electron chi connectivity index (χ3n) is 2.27. The lowest BCUT2D eigenvalue weighted by Gasteiger charge is -2.16. The van der Waals surface area contributed by atoms with Gasteiger partial charge in [-0.15, -0.1) is 0 Å². The van der Waals surface area contributed by atoms with Gasteiger partial charge in [0.1, 0.15) is 0 Å². The van der Waals surface area contributed by atoms with Crippen molar-refractivity contribution in [1.29, 1.82) is 0 Å². The summed E-state index contributed by atoms with van der Waals surface area (Å²) in [6, 6.07) is 0. The van der Waals surface area contributed by atoms with Gasteiger partial charge in [-0.05, 0) is 6.42 Å². The molecule has 1 unspecified atom stereocenters. The molecule has 0 aliphatic heterocycles. The summed E-state index contributed by atoms with van der Waals surface area (Å²) in [6.45, 7) is 1.99. The fraction of sp³-hybridized carbons (Fsp3) is 1.00. The summed E-state index contributed by atoms with van der Waals surface area (Å²) in [5.74, 6) is 0. The Morgan fingerprint density at radius 1 is 1.12 bits per heavy atom. The number of rotatable bonds is 7. The average molecular weight is 281 g/mol.